The van der Waals surface area contributed by atoms with Gasteiger partial charge in [-0.1, -0.05) is 164 Å². The van der Waals surface area contributed by atoms with Crippen LogP contribution < -0.4 is 0 Å². The van der Waals surface area contributed by atoms with Crippen LogP contribution in [0.5, 0.6) is 0 Å². The molecule has 10 rings (SSSR count). The highest BCUT2D eigenvalue weighted by atomic mass is 16.3. The number of benzene rings is 8. The average Bonchev–Trinajstić information content (AvgIpc) is 3.45. The van der Waals surface area contributed by atoms with Crippen LogP contribution in [-0.4, -0.2) is 11.5 Å². The molecule has 0 radical (unpaired) electrons. The van der Waals surface area contributed by atoms with Gasteiger partial charge in [0.2, 0.25) is 0 Å². The molecule has 1 aliphatic rings. The minimum Gasteiger partial charge on any atom is -0.455 e. The molecule has 3 heteroatoms. The molecule has 0 N–H and O–H groups in total. The molecule has 0 fully saturated rings. The normalized spacial score (nSPS) is 14.8. The van der Waals surface area contributed by atoms with Crippen LogP contribution in [0.4, 0.5) is 0 Å². The Morgan fingerprint density at radius 3 is 1.94 bits per heavy atom. The predicted octanol–water partition coefficient (Wildman–Crippen LogP) is 13.0. The van der Waals surface area contributed by atoms with Gasteiger partial charge >= 0.3 is 0 Å². The Balaban J connectivity index is 1.08. The maximum atomic E-state index is 6.71. The first kappa shape index (κ1) is 30.3. The van der Waals surface area contributed by atoms with Crippen molar-refractivity contribution in [2.45, 2.75) is 18.9 Å². The number of rotatable bonds is 5. The SMILES string of the molecule is c1ccc(C2=NC(c3ccccc3)=NC(c3ccc(-c4cccc5oc6c7ccccc7c(-c7cccc8ccccc78)cc6c45)cc3)CC2)cc1. The summed E-state index contributed by atoms with van der Waals surface area (Å²) in [6, 6.07) is 62.4. The Bertz CT molecular complexity index is 2820. The minimum absolute atomic E-state index is 0.00520. The van der Waals surface area contributed by atoms with E-state index in [1.54, 1.807) is 0 Å². The lowest BCUT2D eigenvalue weighted by molar-refractivity contribution is 0.673. The molecule has 3 nitrogen and oxygen atoms in total. The van der Waals surface area contributed by atoms with E-state index in [9.17, 15) is 0 Å². The fraction of sp³-hybridized carbons (Fsp3) is 0.0612. The van der Waals surface area contributed by atoms with E-state index in [0.717, 1.165) is 74.0 Å². The van der Waals surface area contributed by atoms with Crippen molar-refractivity contribution in [2.24, 2.45) is 9.98 Å². The molecule has 0 bridgehead atoms. The minimum atomic E-state index is -0.00520. The topological polar surface area (TPSA) is 37.9 Å². The van der Waals surface area contributed by atoms with Gasteiger partial charge < -0.3 is 4.42 Å². The standard InChI is InChI=1S/C49H34N2O/c1-3-14-34(15-4-1)44-29-30-45(51-49(50-44)36-16-5-2-6-17-36)35-27-25-33(26-28-35)38-22-12-24-46-47(38)43-31-42(40-20-9-10-21-41(40)48(43)52-46)39-23-11-18-32-13-7-8-19-37(32)39/h1-28,31,45H,29-30H2. The highest BCUT2D eigenvalue weighted by Crippen LogP contribution is 2.44. The molecule has 0 spiro atoms. The van der Waals surface area contributed by atoms with Gasteiger partial charge in [-0.25, -0.2) is 4.99 Å². The lowest BCUT2D eigenvalue weighted by Crippen LogP contribution is -2.04. The van der Waals surface area contributed by atoms with Crippen LogP contribution in [0.15, 0.2) is 190 Å². The van der Waals surface area contributed by atoms with E-state index in [1.165, 1.54) is 32.8 Å². The third-order valence-electron chi connectivity index (χ3n) is 10.5. The van der Waals surface area contributed by atoms with Gasteiger partial charge in [0.25, 0.3) is 0 Å². The van der Waals surface area contributed by atoms with Crippen molar-refractivity contribution in [1.29, 1.82) is 0 Å². The van der Waals surface area contributed by atoms with Crippen molar-refractivity contribution in [2.75, 3.05) is 0 Å². The number of aliphatic imine (C=N–C) groups is 2. The van der Waals surface area contributed by atoms with E-state index in [0.29, 0.717) is 0 Å². The lowest BCUT2D eigenvalue weighted by Gasteiger charge is -2.14. The van der Waals surface area contributed by atoms with Crippen molar-refractivity contribution in [3.63, 3.8) is 0 Å². The number of hydrogen-bond acceptors (Lipinski definition) is 3. The molecule has 1 aliphatic heterocycles. The highest BCUT2D eigenvalue weighted by molar-refractivity contribution is 6.23. The van der Waals surface area contributed by atoms with Gasteiger partial charge in [-0.2, -0.15) is 0 Å². The maximum absolute atomic E-state index is 6.71. The molecular weight excluding hydrogens is 633 g/mol. The van der Waals surface area contributed by atoms with E-state index in [1.807, 2.05) is 6.07 Å². The number of hydrogen-bond donors (Lipinski definition) is 0. The van der Waals surface area contributed by atoms with Gasteiger partial charge in [0.05, 0.1) is 11.8 Å². The predicted molar refractivity (Wildman–Crippen MR) is 218 cm³/mol. The average molecular weight is 667 g/mol. The van der Waals surface area contributed by atoms with Crippen molar-refractivity contribution >= 4 is 55.0 Å². The maximum Gasteiger partial charge on any atom is 0.155 e. The van der Waals surface area contributed by atoms with Crippen LogP contribution >= 0.6 is 0 Å². The van der Waals surface area contributed by atoms with Gasteiger partial charge in [0.15, 0.2) is 5.84 Å². The second-order valence-corrected chi connectivity index (χ2v) is 13.6. The monoisotopic (exact) mass is 666 g/mol. The number of amidine groups is 1. The molecule has 0 saturated carbocycles. The van der Waals surface area contributed by atoms with Crippen LogP contribution in [0.2, 0.25) is 0 Å². The third-order valence-corrected chi connectivity index (χ3v) is 10.5. The summed E-state index contributed by atoms with van der Waals surface area (Å²) in [5.41, 5.74) is 11.0. The second kappa shape index (κ2) is 12.6. The number of fused-ring (bicyclic) bond motifs is 6. The summed E-state index contributed by atoms with van der Waals surface area (Å²) in [4.78, 5) is 10.4. The zero-order valence-electron chi connectivity index (χ0n) is 28.5. The Morgan fingerprint density at radius 2 is 1.13 bits per heavy atom. The second-order valence-electron chi connectivity index (χ2n) is 13.6. The summed E-state index contributed by atoms with van der Waals surface area (Å²) in [5, 5.41) is 7.06. The first-order valence-corrected chi connectivity index (χ1v) is 18.0. The molecule has 52 heavy (non-hydrogen) atoms. The molecule has 8 aromatic carbocycles. The van der Waals surface area contributed by atoms with Crippen LogP contribution in [0.1, 0.15) is 35.6 Å². The molecule has 0 aliphatic carbocycles. The molecule has 246 valence electrons. The van der Waals surface area contributed by atoms with Gasteiger partial charge in [0.1, 0.15) is 11.2 Å². The van der Waals surface area contributed by atoms with Crippen molar-refractivity contribution < 1.29 is 4.42 Å². The largest absolute Gasteiger partial charge is 0.455 e. The van der Waals surface area contributed by atoms with Crippen molar-refractivity contribution in [1.82, 2.24) is 0 Å². The van der Waals surface area contributed by atoms with Gasteiger partial charge in [0, 0.05) is 21.7 Å². The summed E-state index contributed by atoms with van der Waals surface area (Å²) in [7, 11) is 0. The van der Waals surface area contributed by atoms with E-state index < -0.39 is 0 Å². The summed E-state index contributed by atoms with van der Waals surface area (Å²) in [6.45, 7) is 0. The summed E-state index contributed by atoms with van der Waals surface area (Å²) in [6.07, 6.45) is 1.74. The van der Waals surface area contributed by atoms with E-state index in [2.05, 4.69) is 170 Å². The Kier molecular flexibility index (Phi) is 7.35. The van der Waals surface area contributed by atoms with E-state index in [-0.39, 0.29) is 6.04 Å². The molecule has 9 aromatic rings. The van der Waals surface area contributed by atoms with Crippen molar-refractivity contribution in [3.8, 4) is 22.3 Å². The number of nitrogens with zero attached hydrogens (tertiary/aromatic N) is 2. The fourth-order valence-corrected chi connectivity index (χ4v) is 7.96. The smallest absolute Gasteiger partial charge is 0.155 e. The molecule has 1 aromatic heterocycles. The van der Waals surface area contributed by atoms with Crippen molar-refractivity contribution in [3.05, 3.63) is 193 Å². The van der Waals surface area contributed by atoms with Gasteiger partial charge in [-0.05, 0) is 74.5 Å². The molecule has 1 unspecified atom stereocenters. The fourth-order valence-electron chi connectivity index (χ4n) is 7.96. The molecular formula is C49H34N2O. The Morgan fingerprint density at radius 1 is 0.481 bits per heavy atom. The molecule has 1 atom stereocenters. The highest BCUT2D eigenvalue weighted by Gasteiger charge is 2.21. The van der Waals surface area contributed by atoms with Crippen LogP contribution in [0, 0.1) is 0 Å². The molecule has 0 amide bonds. The Hall–Kier alpha value is -6.58. The van der Waals surface area contributed by atoms with Crippen LogP contribution in [0.25, 0.3) is 65.7 Å². The zero-order valence-corrected chi connectivity index (χ0v) is 28.5. The molecule has 2 heterocycles. The van der Waals surface area contributed by atoms with Gasteiger partial charge in [-0.3, -0.25) is 4.99 Å². The quantitative estimate of drug-likeness (QED) is 0.180. The first-order valence-electron chi connectivity index (χ1n) is 18.0. The summed E-state index contributed by atoms with van der Waals surface area (Å²) >= 11 is 0. The Labute approximate surface area is 302 Å². The van der Waals surface area contributed by atoms with Crippen LogP contribution in [-0.2, 0) is 0 Å². The van der Waals surface area contributed by atoms with E-state index >= 15 is 0 Å². The first-order chi connectivity index (χ1) is 25.8. The summed E-state index contributed by atoms with van der Waals surface area (Å²) < 4.78 is 6.71. The molecule has 0 saturated heterocycles. The van der Waals surface area contributed by atoms with Crippen LogP contribution in [0.3, 0.4) is 0 Å². The third kappa shape index (κ3) is 5.21. The number of furan rings is 1. The van der Waals surface area contributed by atoms with E-state index in [4.69, 9.17) is 14.4 Å². The van der Waals surface area contributed by atoms with Gasteiger partial charge in [-0.15, -0.1) is 0 Å². The summed E-state index contributed by atoms with van der Waals surface area (Å²) in [5.74, 6) is 0.787. The lowest BCUT2D eigenvalue weighted by atomic mass is 9.91. The zero-order chi connectivity index (χ0) is 34.4.